The van der Waals surface area contributed by atoms with Crippen molar-refractivity contribution in [1.82, 2.24) is 10.6 Å². The Balaban J connectivity index is 0.00000625. The molecule has 0 aromatic heterocycles. The van der Waals surface area contributed by atoms with Crippen molar-refractivity contribution in [3.63, 3.8) is 0 Å². The summed E-state index contributed by atoms with van der Waals surface area (Å²) in [5.41, 5.74) is 0. The van der Waals surface area contributed by atoms with Gasteiger partial charge in [0.25, 0.3) is 0 Å². The van der Waals surface area contributed by atoms with E-state index in [0.29, 0.717) is 31.4 Å². The van der Waals surface area contributed by atoms with Gasteiger partial charge in [-0.3, -0.25) is 9.20 Å². The molecule has 1 rings (SSSR count). The van der Waals surface area contributed by atoms with Crippen molar-refractivity contribution in [2.45, 2.75) is 32.4 Å². The molecule has 0 bridgehead atoms. The Morgan fingerprint density at radius 2 is 1.77 bits per heavy atom. The van der Waals surface area contributed by atoms with Gasteiger partial charge in [-0.15, -0.1) is 24.0 Å². The third-order valence-electron chi connectivity index (χ3n) is 3.30. The molecule has 2 N–H and O–H groups in total. The summed E-state index contributed by atoms with van der Waals surface area (Å²) in [5.74, 6) is 2.87. The molecule has 0 saturated heterocycles. The molecule has 0 aliphatic carbocycles. The van der Waals surface area contributed by atoms with E-state index in [1.807, 2.05) is 52.0 Å². The maximum atomic E-state index is 12.0. The maximum Gasteiger partial charge on any atom is 0.191 e. The number of nitrogens with zero attached hydrogens (tertiary/aromatic N) is 1. The summed E-state index contributed by atoms with van der Waals surface area (Å²) in [6.07, 6.45) is 0. The molecular weight excluding hydrogens is 465 g/mol. The summed E-state index contributed by atoms with van der Waals surface area (Å²) in [6, 6.07) is 7.48. The molecule has 8 heteroatoms. The van der Waals surface area contributed by atoms with E-state index in [9.17, 15) is 4.21 Å². The summed E-state index contributed by atoms with van der Waals surface area (Å²) in [4.78, 5) is 4.46. The van der Waals surface area contributed by atoms with Crippen LogP contribution < -0.4 is 20.1 Å². The molecule has 0 aliphatic heterocycles. The van der Waals surface area contributed by atoms with E-state index < -0.39 is 10.8 Å². The second-order valence-electron chi connectivity index (χ2n) is 6.37. The van der Waals surface area contributed by atoms with Gasteiger partial charge in [0, 0.05) is 27.8 Å². The number of rotatable bonds is 9. The fourth-order valence-corrected chi connectivity index (χ4v) is 2.77. The highest BCUT2D eigenvalue weighted by molar-refractivity contribution is 14.0. The number of aliphatic imine (C=N–C) groups is 1. The second kappa shape index (κ2) is 13.2. The lowest BCUT2D eigenvalue weighted by molar-refractivity contribution is 0.321. The first-order valence-electron chi connectivity index (χ1n) is 8.54. The van der Waals surface area contributed by atoms with Gasteiger partial charge in [-0.1, -0.05) is 0 Å². The fourth-order valence-electron chi connectivity index (χ4n) is 1.90. The first kappa shape index (κ1) is 25.0. The highest BCUT2D eigenvalue weighted by Crippen LogP contribution is 2.16. The van der Waals surface area contributed by atoms with Crippen molar-refractivity contribution in [3.8, 4) is 11.5 Å². The van der Waals surface area contributed by atoms with Crippen LogP contribution in [0.5, 0.6) is 11.5 Å². The van der Waals surface area contributed by atoms with Crippen molar-refractivity contribution < 1.29 is 13.7 Å². The molecule has 1 aromatic rings. The molecule has 1 unspecified atom stereocenters. The van der Waals surface area contributed by atoms with Crippen LogP contribution in [0.3, 0.4) is 0 Å². The molecule has 26 heavy (non-hydrogen) atoms. The predicted molar refractivity (Wildman–Crippen MR) is 121 cm³/mol. The maximum absolute atomic E-state index is 12.0. The predicted octanol–water partition coefficient (Wildman–Crippen LogP) is 2.79. The summed E-state index contributed by atoms with van der Waals surface area (Å²) >= 11 is 0. The average molecular weight is 497 g/mol. The molecule has 0 radical (unpaired) electrons. The average Bonchev–Trinajstić information content (AvgIpc) is 2.58. The van der Waals surface area contributed by atoms with Crippen molar-refractivity contribution in [1.29, 1.82) is 0 Å². The van der Waals surface area contributed by atoms with Crippen LogP contribution in [0.25, 0.3) is 0 Å². The number of benzene rings is 1. The van der Waals surface area contributed by atoms with Gasteiger partial charge in [0.15, 0.2) is 5.96 Å². The normalized spacial score (nSPS) is 12.7. The van der Waals surface area contributed by atoms with Crippen molar-refractivity contribution in [2.24, 2.45) is 4.99 Å². The topological polar surface area (TPSA) is 72.0 Å². The molecule has 0 fully saturated rings. The quantitative estimate of drug-likeness (QED) is 0.238. The van der Waals surface area contributed by atoms with E-state index in [1.54, 1.807) is 7.11 Å². The fraction of sp³-hybridized carbons (Fsp3) is 0.611. The molecule has 0 aliphatic rings. The smallest absolute Gasteiger partial charge is 0.191 e. The minimum absolute atomic E-state index is 0. The van der Waals surface area contributed by atoms with Gasteiger partial charge in [-0.05, 0) is 52.0 Å². The van der Waals surface area contributed by atoms with E-state index in [1.165, 1.54) is 0 Å². The van der Waals surface area contributed by atoms with E-state index >= 15 is 0 Å². The van der Waals surface area contributed by atoms with Gasteiger partial charge in [-0.2, -0.15) is 0 Å². The van der Waals surface area contributed by atoms with Crippen LogP contribution in [0.4, 0.5) is 0 Å². The summed E-state index contributed by atoms with van der Waals surface area (Å²) in [7, 11) is 0.747. The zero-order valence-electron chi connectivity index (χ0n) is 16.3. The van der Waals surface area contributed by atoms with Gasteiger partial charge in [0.1, 0.15) is 18.1 Å². The number of methoxy groups -OCH3 is 1. The number of hydrogen-bond donors (Lipinski definition) is 2. The Morgan fingerprint density at radius 3 is 2.31 bits per heavy atom. The standard InChI is InChI=1S/C18H31N3O3S.HI/c1-6-19-17(21-12-14-25(22)18(2,3)4)20-11-13-24-16-9-7-15(23-5)8-10-16;/h7-10H,6,11-14H2,1-5H3,(H2,19,20,21);1H. The third kappa shape index (κ3) is 10.2. The second-order valence-corrected chi connectivity index (χ2v) is 8.70. The Kier molecular flexibility index (Phi) is 12.7. The lowest BCUT2D eigenvalue weighted by atomic mass is 10.3. The molecule has 150 valence electrons. The van der Waals surface area contributed by atoms with Crippen LogP contribution >= 0.6 is 24.0 Å². The van der Waals surface area contributed by atoms with Crippen molar-refractivity contribution in [3.05, 3.63) is 24.3 Å². The summed E-state index contributed by atoms with van der Waals surface area (Å²) in [6.45, 7) is 10.4. The van der Waals surface area contributed by atoms with Gasteiger partial charge < -0.3 is 20.1 Å². The number of hydrogen-bond acceptors (Lipinski definition) is 4. The highest BCUT2D eigenvalue weighted by Gasteiger charge is 2.18. The number of guanidine groups is 1. The minimum Gasteiger partial charge on any atom is -0.497 e. The van der Waals surface area contributed by atoms with E-state index in [2.05, 4.69) is 15.6 Å². The Hall–Kier alpha value is -1.03. The third-order valence-corrected chi connectivity index (χ3v) is 5.22. The SMILES string of the molecule is CCNC(=NCCS(=O)C(C)(C)C)NCCOc1ccc(OC)cc1.I. The number of nitrogens with one attached hydrogen (secondary N) is 2. The zero-order valence-corrected chi connectivity index (χ0v) is 19.5. The van der Waals surface area contributed by atoms with Crippen LogP contribution in [-0.4, -0.2) is 54.0 Å². The monoisotopic (exact) mass is 497 g/mol. The Morgan fingerprint density at radius 1 is 1.15 bits per heavy atom. The largest absolute Gasteiger partial charge is 0.497 e. The molecule has 6 nitrogen and oxygen atoms in total. The summed E-state index contributed by atoms with van der Waals surface area (Å²) in [5, 5.41) is 6.39. The van der Waals surface area contributed by atoms with Gasteiger partial charge >= 0.3 is 0 Å². The lowest BCUT2D eigenvalue weighted by Gasteiger charge is -2.17. The van der Waals surface area contributed by atoms with Crippen molar-refractivity contribution in [2.75, 3.05) is 39.1 Å². The van der Waals surface area contributed by atoms with Crippen LogP contribution in [0.15, 0.2) is 29.3 Å². The van der Waals surface area contributed by atoms with E-state index in [0.717, 1.165) is 18.0 Å². The van der Waals surface area contributed by atoms with Gasteiger partial charge in [-0.25, -0.2) is 0 Å². The molecular formula is C18H32IN3O3S. The highest BCUT2D eigenvalue weighted by atomic mass is 127. The first-order valence-corrected chi connectivity index (χ1v) is 9.86. The molecule has 0 saturated carbocycles. The Labute approximate surface area is 177 Å². The minimum atomic E-state index is -0.890. The van der Waals surface area contributed by atoms with Crippen LogP contribution in [0, 0.1) is 0 Å². The Bertz CT molecular complexity index is 560. The van der Waals surface area contributed by atoms with Crippen LogP contribution in [0.1, 0.15) is 27.7 Å². The molecule has 0 heterocycles. The first-order chi connectivity index (χ1) is 11.9. The van der Waals surface area contributed by atoms with Gasteiger partial charge in [0.05, 0.1) is 20.2 Å². The van der Waals surface area contributed by atoms with Crippen molar-refractivity contribution >= 4 is 40.7 Å². The summed E-state index contributed by atoms with van der Waals surface area (Å²) < 4.78 is 22.6. The lowest BCUT2D eigenvalue weighted by Crippen LogP contribution is -2.39. The van der Waals surface area contributed by atoms with Crippen LogP contribution in [-0.2, 0) is 10.8 Å². The zero-order chi connectivity index (χ0) is 18.7. The molecule has 0 spiro atoms. The van der Waals surface area contributed by atoms with Crippen LogP contribution in [0.2, 0.25) is 0 Å². The van der Waals surface area contributed by atoms with Gasteiger partial charge in [0.2, 0.25) is 0 Å². The molecule has 1 atom stereocenters. The molecule has 0 amide bonds. The molecule has 1 aromatic carbocycles. The van der Waals surface area contributed by atoms with E-state index in [-0.39, 0.29) is 28.7 Å². The number of ether oxygens (including phenoxy) is 2. The van der Waals surface area contributed by atoms with E-state index in [4.69, 9.17) is 9.47 Å². The number of halogens is 1.